The molecule has 0 aliphatic carbocycles. The third kappa shape index (κ3) is 22.2. The number of carbonyl (C=O) groups excluding carboxylic acids is 4. The maximum absolute atomic E-state index is 12.9. The molecule has 7 rings (SSSR count). The van der Waals surface area contributed by atoms with Gasteiger partial charge in [0.25, 0.3) is 5.91 Å². The minimum absolute atomic E-state index is 0. The van der Waals surface area contributed by atoms with E-state index in [9.17, 15) is 28.8 Å². The first kappa shape index (κ1) is 63.5. The number of aromatic carboxylic acids is 2. The Bertz CT molecular complexity index is 2750. The molecule has 2 aliphatic rings. The molecule has 0 radical (unpaired) electrons. The zero-order valence-electron chi connectivity index (χ0n) is 41.1. The molecule has 2 saturated heterocycles. The van der Waals surface area contributed by atoms with Gasteiger partial charge in [-0.05, 0) is 122 Å². The van der Waals surface area contributed by atoms with E-state index in [2.05, 4.69) is 55.6 Å². The van der Waals surface area contributed by atoms with Gasteiger partial charge in [0.2, 0.25) is 17.1 Å². The number of carboxylic acid groups (broad SMARTS) is 2. The van der Waals surface area contributed by atoms with E-state index < -0.39 is 17.2 Å². The van der Waals surface area contributed by atoms with Gasteiger partial charge in [0, 0.05) is 56.3 Å². The minimum Gasteiger partial charge on any atom is -0.495 e. The van der Waals surface area contributed by atoms with Crippen molar-refractivity contribution in [3.05, 3.63) is 156 Å². The molecule has 3 amide bonds. The Morgan fingerprint density at radius 2 is 1.12 bits per heavy atom. The number of likely N-dealkylation sites (tertiary alicyclic amines) is 1. The van der Waals surface area contributed by atoms with Gasteiger partial charge < -0.3 is 51.0 Å². The van der Waals surface area contributed by atoms with Crippen LogP contribution in [0.1, 0.15) is 55.6 Å². The number of aromatic nitrogens is 4. The van der Waals surface area contributed by atoms with Gasteiger partial charge >= 0.3 is 11.9 Å². The van der Waals surface area contributed by atoms with E-state index in [0.717, 1.165) is 49.7 Å². The number of nitrogen functional groups attached to an aromatic ring is 1. The van der Waals surface area contributed by atoms with Crippen molar-refractivity contribution in [2.45, 2.75) is 25.7 Å². The second-order valence-corrected chi connectivity index (χ2v) is 16.8. The van der Waals surface area contributed by atoms with Crippen LogP contribution in [0.5, 0.6) is 17.2 Å². The molecule has 2 atom stereocenters. The molecular formula is C51H57Cl4N9O11. The van der Waals surface area contributed by atoms with Crippen LogP contribution >= 0.6 is 47.2 Å². The fraction of sp³-hybridized carbons (Fsp3) is 0.255. The molecule has 4 heterocycles. The molecule has 0 bridgehead atoms. The Morgan fingerprint density at radius 1 is 0.693 bits per heavy atom. The fourth-order valence-corrected chi connectivity index (χ4v) is 6.92. The molecule has 24 heteroatoms. The van der Waals surface area contributed by atoms with E-state index in [-0.39, 0.29) is 47.0 Å². The van der Waals surface area contributed by atoms with Crippen molar-refractivity contribution < 1.29 is 53.2 Å². The summed E-state index contributed by atoms with van der Waals surface area (Å²) in [7, 11) is 4.33. The minimum atomic E-state index is -1.06. The molecule has 75 heavy (non-hydrogen) atoms. The van der Waals surface area contributed by atoms with Crippen LogP contribution in [0.4, 0.5) is 17.1 Å². The summed E-state index contributed by atoms with van der Waals surface area (Å²) in [6.45, 7) is 13.3. The summed E-state index contributed by atoms with van der Waals surface area (Å²) in [5.74, 6) is 0.875. The van der Waals surface area contributed by atoms with Crippen molar-refractivity contribution >= 4 is 99.2 Å². The molecular weight excluding hydrogens is 1060 g/mol. The number of hydrogen-bond acceptors (Lipinski definition) is 15. The van der Waals surface area contributed by atoms with Crippen LogP contribution in [-0.4, -0.2) is 117 Å². The number of ether oxygens (including phenoxy) is 3. The third-order valence-electron chi connectivity index (χ3n) is 10.4. The van der Waals surface area contributed by atoms with Crippen molar-refractivity contribution in [1.29, 1.82) is 0 Å². The molecule has 2 aliphatic heterocycles. The summed E-state index contributed by atoms with van der Waals surface area (Å²) in [5, 5.41) is 26.4. The Morgan fingerprint density at radius 3 is 1.53 bits per heavy atom. The van der Waals surface area contributed by atoms with Crippen LogP contribution in [0.2, 0.25) is 10.0 Å². The van der Waals surface area contributed by atoms with Crippen LogP contribution in [0.3, 0.4) is 0 Å². The fourth-order valence-electron chi connectivity index (χ4n) is 6.73. The smallest absolute Gasteiger partial charge is 0.335 e. The molecule has 5 aromatic rings. The second-order valence-electron chi connectivity index (χ2n) is 15.6. The lowest BCUT2D eigenvalue weighted by molar-refractivity contribution is -0.112. The topological polar surface area (TPSA) is 287 Å². The van der Waals surface area contributed by atoms with E-state index in [4.69, 9.17) is 65.0 Å². The zero-order chi connectivity index (χ0) is 54.7. The van der Waals surface area contributed by atoms with Gasteiger partial charge in [-0.1, -0.05) is 42.9 Å². The molecule has 0 saturated carbocycles. The average Bonchev–Trinajstić information content (AvgIpc) is 4.11. The number of nitrogens with two attached hydrogens (primary N) is 1. The summed E-state index contributed by atoms with van der Waals surface area (Å²) < 4.78 is 15.1. The van der Waals surface area contributed by atoms with Crippen LogP contribution < -0.4 is 35.9 Å². The molecule has 0 spiro atoms. The summed E-state index contributed by atoms with van der Waals surface area (Å²) in [6.07, 6.45) is 13.6. The molecule has 400 valence electrons. The Labute approximate surface area is 454 Å². The highest BCUT2D eigenvalue weighted by atomic mass is 35.5. The number of anilines is 3. The summed E-state index contributed by atoms with van der Waals surface area (Å²) in [4.78, 5) is 84.7. The highest BCUT2D eigenvalue weighted by Crippen LogP contribution is 2.29. The molecule has 2 aromatic heterocycles. The van der Waals surface area contributed by atoms with Gasteiger partial charge in [0.15, 0.2) is 0 Å². The second kappa shape index (κ2) is 33.2. The van der Waals surface area contributed by atoms with Crippen LogP contribution in [-0.2, 0) is 27.2 Å². The van der Waals surface area contributed by atoms with Gasteiger partial charge in [0.1, 0.15) is 28.9 Å². The van der Waals surface area contributed by atoms with Crippen molar-refractivity contribution in [1.82, 2.24) is 30.2 Å². The standard InChI is InChI=1S/C20H21ClN4O3.C11H11NO4.C9H12ClN3.C8H9NO3.C3H3ClO.ClH/c1-3-19(26)24-16-5-4-14(9-17(16)28-2)20(27)25-7-6-13(12-25)8-18-22-10-15(21)11-23-18;1-3-10(13)12-8-5-4-7(11(14)15)6-9(8)16-2;10-8-5-12-9(13-6-8)3-7-1-2-11-4-7;1-12-7-4-5(8(10)11)2-3-6(7)9;1-2-3(4)5;/h3-5,9-11,13H,1,6-8,12H2,2H3,(H,24,26);3-6H,1H2,2H3,(H,12,13)(H,14,15);5-7,11H,1-4H2;2-4H,9H2,1H3,(H,10,11);2H,1H2;1H/t13-;;7-;;;/m0.0.../s1. The first-order valence-electron chi connectivity index (χ1n) is 22.2. The zero-order valence-corrected chi connectivity index (χ0v) is 44.2. The first-order valence-corrected chi connectivity index (χ1v) is 23.4. The third-order valence-corrected chi connectivity index (χ3v) is 11.0. The van der Waals surface area contributed by atoms with Gasteiger partial charge in [-0.3, -0.25) is 19.2 Å². The quantitative estimate of drug-likeness (QED) is 0.0328. The largest absolute Gasteiger partial charge is 0.495 e. The number of halogens is 4. The summed E-state index contributed by atoms with van der Waals surface area (Å²) in [6, 6.07) is 13.5. The van der Waals surface area contributed by atoms with Crippen LogP contribution in [0, 0.1) is 11.8 Å². The number of hydrogen-bond donors (Lipinski definition) is 6. The van der Waals surface area contributed by atoms with Gasteiger partial charge in [-0.2, -0.15) is 0 Å². The maximum Gasteiger partial charge on any atom is 0.335 e. The molecule has 3 aromatic carbocycles. The highest BCUT2D eigenvalue weighted by Gasteiger charge is 2.28. The monoisotopic (exact) mass is 1110 g/mol. The van der Waals surface area contributed by atoms with Crippen molar-refractivity contribution in [2.75, 3.05) is 63.9 Å². The van der Waals surface area contributed by atoms with Crippen molar-refractivity contribution in [3.8, 4) is 17.2 Å². The van der Waals surface area contributed by atoms with Gasteiger partial charge in [-0.25, -0.2) is 29.5 Å². The number of nitrogens with zero attached hydrogens (tertiary/aromatic N) is 5. The number of rotatable bonds is 15. The van der Waals surface area contributed by atoms with Gasteiger partial charge in [0.05, 0.1) is 59.6 Å². The number of amides is 3. The molecule has 2 fully saturated rings. The summed E-state index contributed by atoms with van der Waals surface area (Å²) >= 11 is 16.2. The van der Waals surface area contributed by atoms with Gasteiger partial charge in [-0.15, -0.1) is 12.4 Å². The molecule has 20 nitrogen and oxygen atoms in total. The average molecular weight is 1110 g/mol. The lowest BCUT2D eigenvalue weighted by Crippen LogP contribution is -2.29. The van der Waals surface area contributed by atoms with E-state index in [1.54, 1.807) is 43.0 Å². The Kier molecular flexibility index (Phi) is 28.1. The predicted octanol–water partition coefficient (Wildman–Crippen LogP) is 8.10. The van der Waals surface area contributed by atoms with Crippen molar-refractivity contribution in [2.24, 2.45) is 11.8 Å². The van der Waals surface area contributed by atoms with Crippen molar-refractivity contribution in [3.63, 3.8) is 0 Å². The first-order chi connectivity index (χ1) is 35.3. The Balaban J connectivity index is 0.000000350. The maximum atomic E-state index is 12.9. The summed E-state index contributed by atoms with van der Waals surface area (Å²) in [5.41, 5.74) is 7.57. The highest BCUT2D eigenvalue weighted by molar-refractivity contribution is 6.66. The number of carboxylic acids is 2. The predicted molar refractivity (Wildman–Crippen MR) is 290 cm³/mol. The molecule has 7 N–H and O–H groups in total. The number of methoxy groups -OCH3 is 3. The Hall–Kier alpha value is -7.62. The SMILES string of the molecule is C=CC(=O)Cl.C=CC(=O)Nc1ccc(C(=O)N2CC[C@@H](Cc3ncc(Cl)cn3)C2)cc1OC.C=CC(=O)Nc1ccc(C(=O)O)cc1OC.COc1cc(C(=O)O)ccc1N.Cl.Clc1cnc(C[C@@H]2CCNC2)nc1. The molecule has 0 unspecified atom stereocenters. The van der Waals surface area contributed by atoms with Crippen LogP contribution in [0.15, 0.2) is 117 Å². The number of nitrogens with one attached hydrogen (secondary N) is 3. The normalized spacial score (nSPS) is 13.7. The number of allylic oxidation sites excluding steroid dienone is 1. The number of benzene rings is 3. The lowest BCUT2D eigenvalue weighted by atomic mass is 10.0. The van der Waals surface area contributed by atoms with E-state index in [1.165, 1.54) is 70.2 Å². The van der Waals surface area contributed by atoms with E-state index >= 15 is 0 Å². The number of carbonyl (C=O) groups is 6. The van der Waals surface area contributed by atoms with Crippen LogP contribution in [0.25, 0.3) is 0 Å². The van der Waals surface area contributed by atoms with E-state index in [0.29, 0.717) is 75.5 Å². The lowest BCUT2D eigenvalue weighted by Gasteiger charge is -2.18. The van der Waals surface area contributed by atoms with E-state index in [1.807, 2.05) is 4.90 Å².